The lowest BCUT2D eigenvalue weighted by Crippen LogP contribution is -2.38. The molecule has 0 amide bonds. The van der Waals surface area contributed by atoms with E-state index in [0.29, 0.717) is 0 Å². The third-order valence-electron chi connectivity index (χ3n) is 3.33. The van der Waals surface area contributed by atoms with Gasteiger partial charge in [0.1, 0.15) is 0 Å². The second kappa shape index (κ2) is 2.48. The van der Waals surface area contributed by atoms with E-state index in [0.717, 1.165) is 24.0 Å². The predicted molar refractivity (Wildman–Crippen MR) is 47.6 cm³/mol. The normalized spacial score (nSPS) is 43.1. The Morgan fingerprint density at radius 1 is 1.36 bits per heavy atom. The van der Waals surface area contributed by atoms with E-state index in [9.17, 15) is 0 Å². The average Bonchev–Trinajstić information content (AvgIpc) is 2.61. The highest BCUT2D eigenvalue weighted by Gasteiger charge is 2.51. The van der Waals surface area contributed by atoms with Crippen LogP contribution in [0.4, 0.5) is 0 Å². The standard InChI is InChI=1S/C10H19N/c1-4-9-5-8-6-10(8)11(9)7(2)3/h7-10H,4-6H2,1-3H3. The summed E-state index contributed by atoms with van der Waals surface area (Å²) >= 11 is 0. The van der Waals surface area contributed by atoms with Gasteiger partial charge in [0.15, 0.2) is 0 Å². The first-order valence-electron chi connectivity index (χ1n) is 5.01. The van der Waals surface area contributed by atoms with Crippen molar-refractivity contribution in [1.82, 2.24) is 4.90 Å². The van der Waals surface area contributed by atoms with Gasteiger partial charge in [-0.3, -0.25) is 4.90 Å². The van der Waals surface area contributed by atoms with Gasteiger partial charge in [-0.15, -0.1) is 0 Å². The van der Waals surface area contributed by atoms with Crippen molar-refractivity contribution < 1.29 is 0 Å². The molecule has 11 heavy (non-hydrogen) atoms. The Balaban J connectivity index is 2.03. The Bertz CT molecular complexity index is 153. The second-order valence-electron chi connectivity index (χ2n) is 4.40. The van der Waals surface area contributed by atoms with Gasteiger partial charge >= 0.3 is 0 Å². The lowest BCUT2D eigenvalue weighted by Gasteiger charge is -2.30. The summed E-state index contributed by atoms with van der Waals surface area (Å²) in [7, 11) is 0. The lowest BCUT2D eigenvalue weighted by atomic mass is 10.1. The van der Waals surface area contributed by atoms with Crippen LogP contribution in [-0.2, 0) is 0 Å². The van der Waals surface area contributed by atoms with Crippen LogP contribution in [0.25, 0.3) is 0 Å². The van der Waals surface area contributed by atoms with Crippen LogP contribution in [0, 0.1) is 5.92 Å². The van der Waals surface area contributed by atoms with Crippen LogP contribution in [0.3, 0.4) is 0 Å². The van der Waals surface area contributed by atoms with Crippen LogP contribution in [0.5, 0.6) is 0 Å². The highest BCUT2D eigenvalue weighted by molar-refractivity contribution is 5.06. The molecule has 1 heterocycles. The summed E-state index contributed by atoms with van der Waals surface area (Å²) in [6.07, 6.45) is 4.33. The fraction of sp³-hybridized carbons (Fsp3) is 1.00. The van der Waals surface area contributed by atoms with Crippen molar-refractivity contribution >= 4 is 0 Å². The van der Waals surface area contributed by atoms with Crippen LogP contribution >= 0.6 is 0 Å². The van der Waals surface area contributed by atoms with Gasteiger partial charge in [0.25, 0.3) is 0 Å². The molecule has 1 saturated carbocycles. The summed E-state index contributed by atoms with van der Waals surface area (Å²) < 4.78 is 0. The highest BCUT2D eigenvalue weighted by Crippen LogP contribution is 2.49. The van der Waals surface area contributed by atoms with E-state index < -0.39 is 0 Å². The molecular weight excluding hydrogens is 134 g/mol. The minimum atomic E-state index is 0.775. The van der Waals surface area contributed by atoms with Crippen molar-refractivity contribution in [2.24, 2.45) is 5.92 Å². The third kappa shape index (κ3) is 1.10. The van der Waals surface area contributed by atoms with Gasteiger partial charge in [-0.2, -0.15) is 0 Å². The van der Waals surface area contributed by atoms with Crippen LogP contribution in [0.1, 0.15) is 40.0 Å². The Hall–Kier alpha value is -0.0400. The Morgan fingerprint density at radius 3 is 2.55 bits per heavy atom. The zero-order valence-corrected chi connectivity index (χ0v) is 7.88. The van der Waals surface area contributed by atoms with Crippen LogP contribution in [0.15, 0.2) is 0 Å². The highest BCUT2D eigenvalue weighted by atomic mass is 15.3. The molecular formula is C10H19N. The summed E-state index contributed by atoms with van der Waals surface area (Å²) in [5.41, 5.74) is 0. The molecule has 2 aliphatic rings. The lowest BCUT2D eigenvalue weighted by molar-refractivity contribution is 0.167. The molecule has 1 nitrogen and oxygen atoms in total. The molecule has 0 aromatic rings. The van der Waals surface area contributed by atoms with E-state index in [1.165, 1.54) is 19.3 Å². The number of rotatable bonds is 2. The SMILES string of the molecule is CCC1CC2CC2N1C(C)C. The van der Waals surface area contributed by atoms with E-state index >= 15 is 0 Å². The Morgan fingerprint density at radius 2 is 2.09 bits per heavy atom. The maximum absolute atomic E-state index is 2.74. The summed E-state index contributed by atoms with van der Waals surface area (Å²) in [4.78, 5) is 2.74. The van der Waals surface area contributed by atoms with Gasteiger partial charge in [-0.05, 0) is 39.0 Å². The van der Waals surface area contributed by atoms with Crippen molar-refractivity contribution in [3.05, 3.63) is 0 Å². The quantitative estimate of drug-likeness (QED) is 0.588. The van der Waals surface area contributed by atoms with Gasteiger partial charge < -0.3 is 0 Å². The molecule has 1 saturated heterocycles. The number of likely N-dealkylation sites (tertiary alicyclic amines) is 1. The number of hydrogen-bond acceptors (Lipinski definition) is 1. The third-order valence-corrected chi connectivity index (χ3v) is 3.33. The largest absolute Gasteiger partial charge is 0.295 e. The second-order valence-corrected chi connectivity index (χ2v) is 4.40. The zero-order chi connectivity index (χ0) is 8.01. The van der Waals surface area contributed by atoms with E-state index in [-0.39, 0.29) is 0 Å². The first-order chi connectivity index (χ1) is 5.24. The molecule has 3 unspecified atom stereocenters. The molecule has 0 N–H and O–H groups in total. The van der Waals surface area contributed by atoms with Crippen molar-refractivity contribution in [3.8, 4) is 0 Å². The summed E-state index contributed by atoms with van der Waals surface area (Å²) in [5, 5.41) is 0. The first-order valence-corrected chi connectivity index (χ1v) is 5.01. The zero-order valence-electron chi connectivity index (χ0n) is 7.88. The van der Waals surface area contributed by atoms with Crippen molar-refractivity contribution in [3.63, 3.8) is 0 Å². The van der Waals surface area contributed by atoms with Gasteiger partial charge in [0.05, 0.1) is 0 Å². The Labute approximate surface area is 69.8 Å². The van der Waals surface area contributed by atoms with Crippen LogP contribution < -0.4 is 0 Å². The predicted octanol–water partition coefficient (Wildman–Crippen LogP) is 2.27. The average molecular weight is 153 g/mol. The van der Waals surface area contributed by atoms with Crippen molar-refractivity contribution in [1.29, 1.82) is 0 Å². The molecule has 0 radical (unpaired) electrons. The summed E-state index contributed by atoms with van der Waals surface area (Å²) in [6.45, 7) is 7.00. The molecule has 1 aliphatic heterocycles. The molecule has 0 aromatic heterocycles. The summed E-state index contributed by atoms with van der Waals surface area (Å²) in [6, 6.07) is 2.68. The molecule has 0 bridgehead atoms. The minimum absolute atomic E-state index is 0.775. The van der Waals surface area contributed by atoms with E-state index in [1.807, 2.05) is 0 Å². The number of fused-ring (bicyclic) bond motifs is 1. The van der Waals surface area contributed by atoms with Crippen LogP contribution in [0.2, 0.25) is 0 Å². The smallest absolute Gasteiger partial charge is 0.0133 e. The van der Waals surface area contributed by atoms with E-state index in [1.54, 1.807) is 0 Å². The van der Waals surface area contributed by atoms with E-state index in [2.05, 4.69) is 25.7 Å². The molecule has 0 aromatic carbocycles. The minimum Gasteiger partial charge on any atom is -0.295 e. The fourth-order valence-electron chi connectivity index (χ4n) is 2.77. The molecule has 3 atom stereocenters. The van der Waals surface area contributed by atoms with Gasteiger partial charge in [0.2, 0.25) is 0 Å². The number of nitrogens with zero attached hydrogens (tertiary/aromatic N) is 1. The van der Waals surface area contributed by atoms with Gasteiger partial charge in [0, 0.05) is 18.1 Å². The maximum atomic E-state index is 2.74. The molecule has 2 rings (SSSR count). The topological polar surface area (TPSA) is 3.24 Å². The maximum Gasteiger partial charge on any atom is 0.0133 e. The monoisotopic (exact) mass is 153 g/mol. The fourth-order valence-corrected chi connectivity index (χ4v) is 2.77. The van der Waals surface area contributed by atoms with Crippen molar-refractivity contribution in [2.75, 3.05) is 0 Å². The number of piperidine rings is 1. The molecule has 1 heteroatoms. The number of hydrogen-bond donors (Lipinski definition) is 0. The molecule has 2 fully saturated rings. The Kier molecular flexibility index (Phi) is 1.71. The van der Waals surface area contributed by atoms with Gasteiger partial charge in [-0.1, -0.05) is 6.92 Å². The first kappa shape index (κ1) is 7.60. The molecule has 64 valence electrons. The van der Waals surface area contributed by atoms with Gasteiger partial charge in [-0.25, -0.2) is 0 Å². The van der Waals surface area contributed by atoms with Crippen LogP contribution in [-0.4, -0.2) is 23.0 Å². The summed E-state index contributed by atoms with van der Waals surface area (Å²) in [5.74, 6) is 1.09. The molecule has 0 spiro atoms. The molecule has 1 aliphatic carbocycles. The van der Waals surface area contributed by atoms with Crippen molar-refractivity contribution in [2.45, 2.75) is 58.2 Å². The van der Waals surface area contributed by atoms with E-state index in [4.69, 9.17) is 0 Å².